The highest BCUT2D eigenvalue weighted by molar-refractivity contribution is 8.00. The number of amides is 2. The number of hydrogen-bond acceptors (Lipinski definition) is 3. The Morgan fingerprint density at radius 1 is 1.15 bits per heavy atom. The molecule has 0 saturated heterocycles. The zero-order valence-electron chi connectivity index (χ0n) is 14.1. The van der Waals surface area contributed by atoms with Crippen LogP contribution >= 0.6 is 35.0 Å². The van der Waals surface area contributed by atoms with Crippen molar-refractivity contribution in [3.63, 3.8) is 0 Å². The van der Waals surface area contributed by atoms with Gasteiger partial charge in [0.2, 0.25) is 5.91 Å². The van der Waals surface area contributed by atoms with Crippen LogP contribution in [-0.4, -0.2) is 23.1 Å². The van der Waals surface area contributed by atoms with Gasteiger partial charge in [0.1, 0.15) is 0 Å². The number of thioether (sulfide) groups is 1. The molecule has 2 amide bonds. The summed E-state index contributed by atoms with van der Waals surface area (Å²) in [6.07, 6.45) is 2.06. The Hall–Kier alpha value is -1.69. The quantitative estimate of drug-likeness (QED) is 0.660. The molecule has 0 bridgehead atoms. The van der Waals surface area contributed by atoms with Crippen LogP contribution in [0.3, 0.4) is 0 Å². The molecule has 1 fully saturated rings. The third kappa shape index (κ3) is 5.16. The molecule has 136 valence electrons. The molecule has 2 aromatic rings. The SMILES string of the molecule is CC(Sc1cc(Cl)ccc1Cl)C(=O)Nc1cccc(C(=O)NC2CC2)c1. The summed E-state index contributed by atoms with van der Waals surface area (Å²) < 4.78 is 0. The minimum atomic E-state index is -0.380. The summed E-state index contributed by atoms with van der Waals surface area (Å²) in [5.74, 6) is -0.289. The number of anilines is 1. The Morgan fingerprint density at radius 2 is 1.92 bits per heavy atom. The smallest absolute Gasteiger partial charge is 0.251 e. The topological polar surface area (TPSA) is 58.2 Å². The van der Waals surface area contributed by atoms with E-state index in [1.807, 2.05) is 0 Å². The summed E-state index contributed by atoms with van der Waals surface area (Å²) in [6, 6.07) is 12.4. The second-order valence-electron chi connectivity index (χ2n) is 6.15. The average molecular weight is 409 g/mol. The van der Waals surface area contributed by atoms with Crippen molar-refractivity contribution in [3.05, 3.63) is 58.1 Å². The molecule has 1 aliphatic carbocycles. The van der Waals surface area contributed by atoms with Crippen LogP contribution in [0.15, 0.2) is 47.4 Å². The lowest BCUT2D eigenvalue weighted by Crippen LogP contribution is -2.26. The van der Waals surface area contributed by atoms with Gasteiger partial charge in [-0.05, 0) is 56.2 Å². The van der Waals surface area contributed by atoms with E-state index in [2.05, 4.69) is 10.6 Å². The predicted octanol–water partition coefficient (Wildman–Crippen LogP) is 5.00. The molecule has 4 nitrogen and oxygen atoms in total. The first-order valence-electron chi connectivity index (χ1n) is 8.26. The standard InChI is InChI=1S/C19H18Cl2N2O2S/c1-11(26-17-10-13(20)5-8-16(17)21)18(24)23-15-4-2-3-12(9-15)19(25)22-14-6-7-14/h2-5,8-11,14H,6-7H2,1H3,(H,22,25)(H,23,24). The number of rotatable bonds is 6. The fourth-order valence-corrected chi connectivity index (χ4v) is 3.70. The van der Waals surface area contributed by atoms with E-state index in [1.165, 1.54) is 11.8 Å². The Labute approximate surface area is 166 Å². The van der Waals surface area contributed by atoms with Crippen molar-refractivity contribution >= 4 is 52.5 Å². The van der Waals surface area contributed by atoms with Crippen LogP contribution in [0.5, 0.6) is 0 Å². The van der Waals surface area contributed by atoms with Crippen LogP contribution in [0.4, 0.5) is 5.69 Å². The van der Waals surface area contributed by atoms with E-state index in [4.69, 9.17) is 23.2 Å². The van der Waals surface area contributed by atoms with Crippen molar-refractivity contribution in [1.29, 1.82) is 0 Å². The van der Waals surface area contributed by atoms with Crippen LogP contribution in [0.2, 0.25) is 10.0 Å². The van der Waals surface area contributed by atoms with E-state index in [0.29, 0.717) is 27.3 Å². The third-order valence-corrected chi connectivity index (χ3v) is 5.71. The summed E-state index contributed by atoms with van der Waals surface area (Å²) in [5.41, 5.74) is 1.12. The van der Waals surface area contributed by atoms with E-state index in [9.17, 15) is 9.59 Å². The van der Waals surface area contributed by atoms with Crippen LogP contribution in [0.25, 0.3) is 0 Å². The maximum absolute atomic E-state index is 12.5. The van der Waals surface area contributed by atoms with E-state index in [0.717, 1.165) is 17.7 Å². The largest absolute Gasteiger partial charge is 0.349 e. The number of halogens is 2. The lowest BCUT2D eigenvalue weighted by Gasteiger charge is -2.14. The zero-order valence-corrected chi connectivity index (χ0v) is 16.4. The molecule has 0 radical (unpaired) electrons. The molecule has 0 heterocycles. The van der Waals surface area contributed by atoms with Gasteiger partial charge in [0.15, 0.2) is 0 Å². The van der Waals surface area contributed by atoms with E-state index >= 15 is 0 Å². The first-order valence-corrected chi connectivity index (χ1v) is 9.89. The maximum Gasteiger partial charge on any atom is 0.251 e. The van der Waals surface area contributed by atoms with Gasteiger partial charge in [0.05, 0.1) is 10.3 Å². The molecule has 1 unspecified atom stereocenters. The molecule has 1 saturated carbocycles. The Balaban J connectivity index is 1.63. The molecule has 2 aromatic carbocycles. The Morgan fingerprint density at radius 3 is 2.65 bits per heavy atom. The molecule has 26 heavy (non-hydrogen) atoms. The molecule has 0 aliphatic heterocycles. The van der Waals surface area contributed by atoms with Crippen LogP contribution in [0, 0.1) is 0 Å². The van der Waals surface area contributed by atoms with Gasteiger partial charge in [-0.2, -0.15) is 0 Å². The number of hydrogen-bond donors (Lipinski definition) is 2. The normalized spacial score (nSPS) is 14.6. The first kappa shape index (κ1) is 19.1. The van der Waals surface area contributed by atoms with Gasteiger partial charge in [-0.15, -0.1) is 11.8 Å². The highest BCUT2D eigenvalue weighted by Crippen LogP contribution is 2.33. The molecule has 3 rings (SSSR count). The second kappa shape index (κ2) is 8.33. The minimum absolute atomic E-state index is 0.114. The highest BCUT2D eigenvalue weighted by Gasteiger charge is 2.24. The van der Waals surface area contributed by atoms with E-state index in [-0.39, 0.29) is 17.1 Å². The van der Waals surface area contributed by atoms with Crippen LogP contribution in [0.1, 0.15) is 30.1 Å². The van der Waals surface area contributed by atoms with Crippen LogP contribution in [-0.2, 0) is 4.79 Å². The summed E-state index contributed by atoms with van der Waals surface area (Å²) in [5, 5.41) is 6.52. The summed E-state index contributed by atoms with van der Waals surface area (Å²) in [4.78, 5) is 25.3. The van der Waals surface area contributed by atoms with Crippen molar-refractivity contribution in [2.45, 2.75) is 36.0 Å². The van der Waals surface area contributed by atoms with Gasteiger partial charge in [-0.1, -0.05) is 29.3 Å². The van der Waals surface area contributed by atoms with Crippen molar-refractivity contribution in [3.8, 4) is 0 Å². The lowest BCUT2D eigenvalue weighted by molar-refractivity contribution is -0.115. The summed E-state index contributed by atoms with van der Waals surface area (Å²) in [6.45, 7) is 1.79. The highest BCUT2D eigenvalue weighted by atomic mass is 35.5. The maximum atomic E-state index is 12.5. The van der Waals surface area contributed by atoms with Gasteiger partial charge in [-0.3, -0.25) is 9.59 Å². The molecule has 0 spiro atoms. The number of carbonyl (C=O) groups is 2. The molecule has 7 heteroatoms. The first-order chi connectivity index (χ1) is 12.4. The third-order valence-electron chi connectivity index (χ3n) is 3.87. The second-order valence-corrected chi connectivity index (χ2v) is 8.38. The van der Waals surface area contributed by atoms with Crippen molar-refractivity contribution in [2.75, 3.05) is 5.32 Å². The van der Waals surface area contributed by atoms with E-state index in [1.54, 1.807) is 49.4 Å². The average Bonchev–Trinajstić information content (AvgIpc) is 3.42. The molecular weight excluding hydrogens is 391 g/mol. The van der Waals surface area contributed by atoms with Gasteiger partial charge >= 0.3 is 0 Å². The molecular formula is C19H18Cl2N2O2S. The monoisotopic (exact) mass is 408 g/mol. The predicted molar refractivity (Wildman–Crippen MR) is 107 cm³/mol. The van der Waals surface area contributed by atoms with Crippen molar-refractivity contribution in [1.82, 2.24) is 5.32 Å². The number of nitrogens with one attached hydrogen (secondary N) is 2. The van der Waals surface area contributed by atoms with Crippen LogP contribution < -0.4 is 10.6 Å². The molecule has 1 atom stereocenters. The Bertz CT molecular complexity index is 840. The summed E-state index contributed by atoms with van der Waals surface area (Å²) in [7, 11) is 0. The van der Waals surface area contributed by atoms with Gasteiger partial charge in [0, 0.05) is 27.2 Å². The zero-order chi connectivity index (χ0) is 18.7. The fraction of sp³-hybridized carbons (Fsp3) is 0.263. The Kier molecular flexibility index (Phi) is 6.12. The molecule has 1 aliphatic rings. The number of carbonyl (C=O) groups excluding carboxylic acids is 2. The molecule has 0 aromatic heterocycles. The number of benzene rings is 2. The van der Waals surface area contributed by atoms with Gasteiger partial charge in [-0.25, -0.2) is 0 Å². The fourth-order valence-electron chi connectivity index (χ4n) is 2.29. The van der Waals surface area contributed by atoms with Gasteiger partial charge < -0.3 is 10.6 Å². The lowest BCUT2D eigenvalue weighted by atomic mass is 10.2. The minimum Gasteiger partial charge on any atom is -0.349 e. The van der Waals surface area contributed by atoms with Crippen molar-refractivity contribution < 1.29 is 9.59 Å². The van der Waals surface area contributed by atoms with Crippen molar-refractivity contribution in [2.24, 2.45) is 0 Å². The van der Waals surface area contributed by atoms with Gasteiger partial charge in [0.25, 0.3) is 5.91 Å². The van der Waals surface area contributed by atoms with E-state index < -0.39 is 0 Å². The molecule has 2 N–H and O–H groups in total. The summed E-state index contributed by atoms with van der Waals surface area (Å²) >= 11 is 13.5.